The molecular formula is C14H16N2O6S2. The van der Waals surface area contributed by atoms with Crippen LogP contribution in [0.2, 0.25) is 0 Å². The molecule has 8 nitrogen and oxygen atoms in total. The highest BCUT2D eigenvalue weighted by molar-refractivity contribution is 7.86. The molecular weight excluding hydrogens is 356 g/mol. The van der Waals surface area contributed by atoms with Crippen molar-refractivity contribution in [3.63, 3.8) is 0 Å². The van der Waals surface area contributed by atoms with Crippen LogP contribution in [-0.4, -0.2) is 32.5 Å². The Bertz CT molecular complexity index is 927. The summed E-state index contributed by atoms with van der Waals surface area (Å²) in [6.45, 7) is 2.20. The van der Waals surface area contributed by atoms with Gasteiger partial charge >= 0.3 is 0 Å². The molecule has 2 rings (SSSR count). The normalized spacial score (nSPS) is 12.0. The van der Waals surface area contributed by atoms with Gasteiger partial charge in [0.25, 0.3) is 20.2 Å². The smallest absolute Gasteiger partial charge is 0.296 e. The zero-order valence-corrected chi connectivity index (χ0v) is 14.3. The lowest BCUT2D eigenvalue weighted by Gasteiger charge is -2.26. The molecule has 0 bridgehead atoms. The molecule has 0 unspecified atom stereocenters. The SMILES string of the molecule is CCN(Nc1cc(S(=O)(=O)O)ccc1S(=O)(=O)O)c1ccccc1. The molecule has 0 aromatic heterocycles. The lowest BCUT2D eigenvalue weighted by molar-refractivity contribution is 0.478. The average Bonchev–Trinajstić information content (AvgIpc) is 2.51. The Hall–Kier alpha value is -2.14. The summed E-state index contributed by atoms with van der Waals surface area (Å²) in [4.78, 5) is -1.01. The first-order chi connectivity index (χ1) is 11.1. The fourth-order valence-electron chi connectivity index (χ4n) is 2.06. The van der Waals surface area contributed by atoms with Crippen LogP contribution >= 0.6 is 0 Å². The summed E-state index contributed by atoms with van der Waals surface area (Å²) in [6, 6.07) is 11.6. The molecule has 0 radical (unpaired) electrons. The maximum absolute atomic E-state index is 11.5. The van der Waals surface area contributed by atoms with E-state index in [0.717, 1.165) is 18.2 Å². The number of hydrazine groups is 1. The van der Waals surface area contributed by atoms with Gasteiger partial charge in [-0.25, -0.2) is 0 Å². The summed E-state index contributed by atoms with van der Waals surface area (Å²) >= 11 is 0. The number of rotatable bonds is 6. The van der Waals surface area contributed by atoms with Crippen LogP contribution in [0, 0.1) is 0 Å². The van der Waals surface area contributed by atoms with Crippen LogP contribution in [-0.2, 0) is 20.2 Å². The average molecular weight is 372 g/mol. The minimum Gasteiger partial charge on any atom is -0.297 e. The topological polar surface area (TPSA) is 124 Å². The third-order valence-corrected chi connectivity index (χ3v) is 4.93. The molecule has 0 saturated carbocycles. The molecule has 0 aliphatic rings. The van der Waals surface area contributed by atoms with Crippen molar-refractivity contribution < 1.29 is 25.9 Å². The third-order valence-electron chi connectivity index (χ3n) is 3.17. The number of hydrogen-bond donors (Lipinski definition) is 3. The highest BCUT2D eigenvalue weighted by Crippen LogP contribution is 2.26. The van der Waals surface area contributed by atoms with Crippen LogP contribution in [0.25, 0.3) is 0 Å². The molecule has 0 saturated heterocycles. The van der Waals surface area contributed by atoms with E-state index in [1.807, 2.05) is 0 Å². The fraction of sp³-hybridized carbons (Fsp3) is 0.143. The molecule has 0 spiro atoms. The molecule has 0 aliphatic carbocycles. The summed E-state index contributed by atoms with van der Waals surface area (Å²) in [5.41, 5.74) is 3.26. The van der Waals surface area contributed by atoms with Crippen molar-refractivity contribution in [2.75, 3.05) is 17.0 Å². The van der Waals surface area contributed by atoms with Gasteiger partial charge in [-0.15, -0.1) is 0 Å². The van der Waals surface area contributed by atoms with Gasteiger partial charge in [0.05, 0.1) is 16.3 Å². The zero-order valence-electron chi connectivity index (χ0n) is 12.6. The second-order valence-electron chi connectivity index (χ2n) is 4.80. The maximum Gasteiger partial charge on any atom is 0.296 e. The van der Waals surface area contributed by atoms with Crippen LogP contribution in [0.5, 0.6) is 0 Å². The molecule has 3 N–H and O–H groups in total. The number of hydrogen-bond acceptors (Lipinski definition) is 6. The van der Waals surface area contributed by atoms with Crippen LogP contribution < -0.4 is 10.4 Å². The number of anilines is 2. The van der Waals surface area contributed by atoms with E-state index < -0.39 is 30.0 Å². The Morgan fingerprint density at radius 1 is 0.958 bits per heavy atom. The molecule has 24 heavy (non-hydrogen) atoms. The molecule has 10 heteroatoms. The third kappa shape index (κ3) is 4.23. The van der Waals surface area contributed by atoms with Crippen LogP contribution in [0.15, 0.2) is 58.3 Å². The van der Waals surface area contributed by atoms with Gasteiger partial charge in [0.15, 0.2) is 0 Å². The molecule has 0 aliphatic heterocycles. The lowest BCUT2D eigenvalue weighted by atomic mass is 10.3. The predicted octanol–water partition coefficient (Wildman–Crippen LogP) is 2.03. The number of benzene rings is 2. The van der Waals surface area contributed by atoms with Crippen LogP contribution in [0.1, 0.15) is 6.92 Å². The van der Waals surface area contributed by atoms with E-state index in [4.69, 9.17) is 4.55 Å². The van der Waals surface area contributed by atoms with Crippen molar-refractivity contribution in [2.24, 2.45) is 0 Å². The van der Waals surface area contributed by atoms with Crippen molar-refractivity contribution in [3.8, 4) is 0 Å². The van der Waals surface area contributed by atoms with Crippen molar-refractivity contribution in [1.82, 2.24) is 0 Å². The highest BCUT2D eigenvalue weighted by Gasteiger charge is 2.21. The van der Waals surface area contributed by atoms with Gasteiger partial charge in [-0.2, -0.15) is 16.8 Å². The van der Waals surface area contributed by atoms with Gasteiger partial charge in [0, 0.05) is 6.54 Å². The van der Waals surface area contributed by atoms with E-state index in [1.165, 1.54) is 0 Å². The maximum atomic E-state index is 11.5. The Morgan fingerprint density at radius 2 is 1.58 bits per heavy atom. The monoisotopic (exact) mass is 372 g/mol. The zero-order chi connectivity index (χ0) is 18.0. The van der Waals surface area contributed by atoms with E-state index in [1.54, 1.807) is 42.3 Å². The standard InChI is InChI=1S/C14H16N2O6S2/c1-2-16(11-6-4-3-5-7-11)15-13-10-12(23(17,18)19)8-9-14(13)24(20,21)22/h3-10,15H,2H2,1H3,(H,17,18,19)(H,20,21,22). The molecule has 0 heterocycles. The Balaban J connectivity index is 2.54. The van der Waals surface area contributed by atoms with E-state index in [2.05, 4.69) is 5.43 Å². The summed E-state index contributed by atoms with van der Waals surface area (Å²) in [5, 5.41) is 1.55. The van der Waals surface area contributed by atoms with Crippen molar-refractivity contribution in [1.29, 1.82) is 0 Å². The summed E-state index contributed by atoms with van der Waals surface area (Å²) in [7, 11) is -9.13. The molecule has 2 aromatic rings. The van der Waals surface area contributed by atoms with Gasteiger partial charge < -0.3 is 0 Å². The van der Waals surface area contributed by atoms with Gasteiger partial charge in [0.2, 0.25) is 0 Å². The first-order valence-electron chi connectivity index (χ1n) is 6.81. The van der Waals surface area contributed by atoms with E-state index in [-0.39, 0.29) is 5.69 Å². The highest BCUT2D eigenvalue weighted by atomic mass is 32.2. The molecule has 0 fully saturated rings. The largest absolute Gasteiger partial charge is 0.297 e. The van der Waals surface area contributed by atoms with Gasteiger partial charge in [0.1, 0.15) is 4.90 Å². The summed E-state index contributed by atoms with van der Waals surface area (Å²) < 4.78 is 64.0. The van der Waals surface area contributed by atoms with Crippen molar-refractivity contribution in [2.45, 2.75) is 16.7 Å². The molecule has 130 valence electrons. The van der Waals surface area contributed by atoms with Crippen molar-refractivity contribution >= 4 is 31.6 Å². The van der Waals surface area contributed by atoms with Gasteiger partial charge in [-0.3, -0.25) is 19.5 Å². The van der Waals surface area contributed by atoms with Gasteiger partial charge in [-0.1, -0.05) is 18.2 Å². The second kappa shape index (κ2) is 6.77. The second-order valence-corrected chi connectivity index (χ2v) is 7.61. The Labute approximate surface area is 140 Å². The first kappa shape index (κ1) is 18.2. The molecule has 0 amide bonds. The summed E-state index contributed by atoms with van der Waals surface area (Å²) in [5.74, 6) is 0. The first-order valence-corrected chi connectivity index (χ1v) is 9.69. The van der Waals surface area contributed by atoms with E-state index >= 15 is 0 Å². The fourth-order valence-corrected chi connectivity index (χ4v) is 3.19. The minimum absolute atomic E-state index is 0.182. The van der Waals surface area contributed by atoms with Crippen LogP contribution in [0.3, 0.4) is 0 Å². The predicted molar refractivity (Wildman–Crippen MR) is 89.2 cm³/mol. The minimum atomic E-state index is -4.60. The van der Waals surface area contributed by atoms with E-state index in [9.17, 15) is 21.4 Å². The number of nitrogens with one attached hydrogen (secondary N) is 1. The Kier molecular flexibility index (Phi) is 5.13. The van der Waals surface area contributed by atoms with Crippen molar-refractivity contribution in [3.05, 3.63) is 48.5 Å². The van der Waals surface area contributed by atoms with Crippen LogP contribution in [0.4, 0.5) is 11.4 Å². The lowest BCUT2D eigenvalue weighted by Crippen LogP contribution is -2.30. The molecule has 0 atom stereocenters. The molecule has 2 aromatic carbocycles. The quantitative estimate of drug-likeness (QED) is 0.520. The number of para-hydroxylation sites is 1. The Morgan fingerprint density at radius 3 is 2.08 bits per heavy atom. The summed E-state index contributed by atoms with van der Waals surface area (Å²) in [6.07, 6.45) is 0. The number of nitrogens with zero attached hydrogens (tertiary/aromatic N) is 1. The van der Waals surface area contributed by atoms with Gasteiger partial charge in [-0.05, 0) is 37.3 Å². The van der Waals surface area contributed by atoms with E-state index in [0.29, 0.717) is 12.2 Å².